The number of hydrogen-bond acceptors (Lipinski definition) is 3. The van der Waals surface area contributed by atoms with E-state index >= 15 is 0 Å². The molecule has 1 atom stereocenters. The molecular formula is C13H16N2O3. The summed E-state index contributed by atoms with van der Waals surface area (Å²) in [6, 6.07) is 6.48. The lowest BCUT2D eigenvalue weighted by Gasteiger charge is -2.23. The Morgan fingerprint density at radius 3 is 2.78 bits per heavy atom. The molecule has 0 radical (unpaired) electrons. The fourth-order valence-corrected chi connectivity index (χ4v) is 2.28. The van der Waals surface area contributed by atoms with Gasteiger partial charge in [0.2, 0.25) is 5.91 Å². The molecule has 1 heterocycles. The molecule has 1 fully saturated rings. The molecule has 0 aromatic heterocycles. The van der Waals surface area contributed by atoms with Crippen molar-refractivity contribution in [3.8, 4) is 5.75 Å². The Hall–Kier alpha value is -2.04. The Morgan fingerprint density at radius 1 is 1.39 bits per heavy atom. The molecule has 0 aliphatic carbocycles. The first-order valence-corrected chi connectivity index (χ1v) is 5.88. The van der Waals surface area contributed by atoms with Crippen molar-refractivity contribution in [2.75, 3.05) is 13.7 Å². The van der Waals surface area contributed by atoms with Crippen LogP contribution in [0.4, 0.5) is 0 Å². The largest absolute Gasteiger partial charge is 0.496 e. The second-order valence-corrected chi connectivity index (χ2v) is 4.26. The van der Waals surface area contributed by atoms with Crippen LogP contribution in [0.2, 0.25) is 0 Å². The van der Waals surface area contributed by atoms with Crippen LogP contribution in [0, 0.1) is 0 Å². The van der Waals surface area contributed by atoms with Crippen molar-refractivity contribution in [3.63, 3.8) is 0 Å². The maximum Gasteiger partial charge on any atom is 0.258 e. The number of carbonyl (C=O) groups is 2. The van der Waals surface area contributed by atoms with Gasteiger partial charge in [-0.3, -0.25) is 9.59 Å². The number of hydrogen-bond donors (Lipinski definition) is 1. The molecule has 96 valence electrons. The van der Waals surface area contributed by atoms with E-state index in [9.17, 15) is 9.59 Å². The summed E-state index contributed by atoms with van der Waals surface area (Å²) >= 11 is 0. The third-order valence-corrected chi connectivity index (χ3v) is 3.18. The molecule has 1 aromatic carbocycles. The Bertz CT molecular complexity index is 473. The Labute approximate surface area is 106 Å². The minimum Gasteiger partial charge on any atom is -0.496 e. The van der Waals surface area contributed by atoms with E-state index in [2.05, 4.69) is 0 Å². The molecule has 2 N–H and O–H groups in total. The van der Waals surface area contributed by atoms with E-state index in [4.69, 9.17) is 10.5 Å². The molecular weight excluding hydrogens is 232 g/mol. The van der Waals surface area contributed by atoms with Gasteiger partial charge in [-0.15, -0.1) is 0 Å². The first kappa shape index (κ1) is 12.4. The van der Waals surface area contributed by atoms with Crippen LogP contribution in [0.15, 0.2) is 24.3 Å². The van der Waals surface area contributed by atoms with Crippen molar-refractivity contribution in [1.29, 1.82) is 0 Å². The summed E-state index contributed by atoms with van der Waals surface area (Å²) in [6.07, 6.45) is 1.44. The molecule has 0 spiro atoms. The van der Waals surface area contributed by atoms with Crippen LogP contribution >= 0.6 is 0 Å². The van der Waals surface area contributed by atoms with Crippen LogP contribution in [0.25, 0.3) is 0 Å². The quantitative estimate of drug-likeness (QED) is 0.859. The van der Waals surface area contributed by atoms with Gasteiger partial charge in [0, 0.05) is 6.54 Å². The highest BCUT2D eigenvalue weighted by molar-refractivity contribution is 5.99. The van der Waals surface area contributed by atoms with Gasteiger partial charge >= 0.3 is 0 Å². The lowest BCUT2D eigenvalue weighted by Crippen LogP contribution is -2.43. The molecule has 5 nitrogen and oxygen atoms in total. The van der Waals surface area contributed by atoms with Gasteiger partial charge in [0.1, 0.15) is 11.8 Å². The number of rotatable bonds is 3. The number of likely N-dealkylation sites (tertiary alicyclic amines) is 1. The fourth-order valence-electron chi connectivity index (χ4n) is 2.28. The van der Waals surface area contributed by atoms with Crippen molar-refractivity contribution in [2.24, 2.45) is 5.73 Å². The van der Waals surface area contributed by atoms with E-state index in [-0.39, 0.29) is 5.91 Å². The molecule has 1 aromatic rings. The summed E-state index contributed by atoms with van der Waals surface area (Å²) < 4.78 is 5.16. The number of carbonyl (C=O) groups excluding carboxylic acids is 2. The minimum absolute atomic E-state index is 0.200. The van der Waals surface area contributed by atoms with E-state index < -0.39 is 11.9 Å². The summed E-state index contributed by atoms with van der Waals surface area (Å²) in [5.74, 6) is -0.137. The third-order valence-electron chi connectivity index (χ3n) is 3.18. The fraction of sp³-hybridized carbons (Fsp3) is 0.385. The number of para-hydroxylation sites is 1. The zero-order chi connectivity index (χ0) is 13.1. The second-order valence-electron chi connectivity index (χ2n) is 4.26. The van der Waals surface area contributed by atoms with Crippen LogP contribution in [0.3, 0.4) is 0 Å². The van der Waals surface area contributed by atoms with Crippen LogP contribution in [0.1, 0.15) is 23.2 Å². The normalized spacial score (nSPS) is 18.7. The highest BCUT2D eigenvalue weighted by atomic mass is 16.5. The SMILES string of the molecule is COc1ccccc1C(=O)N1CCC[C@@H]1C(N)=O. The lowest BCUT2D eigenvalue weighted by molar-refractivity contribution is -0.121. The standard InChI is InChI=1S/C13H16N2O3/c1-18-11-7-3-2-5-9(11)13(17)15-8-4-6-10(15)12(14)16/h2-3,5,7,10H,4,6,8H2,1H3,(H2,14,16)/t10-/m1/s1. The molecule has 1 aliphatic rings. The van der Waals surface area contributed by atoms with Crippen molar-refractivity contribution in [2.45, 2.75) is 18.9 Å². The lowest BCUT2D eigenvalue weighted by atomic mass is 10.1. The first-order valence-electron chi connectivity index (χ1n) is 5.88. The maximum atomic E-state index is 12.4. The molecule has 1 aliphatic heterocycles. The second kappa shape index (κ2) is 5.08. The summed E-state index contributed by atoms with van der Waals surface area (Å²) in [5.41, 5.74) is 5.78. The molecule has 0 saturated carbocycles. The van der Waals surface area contributed by atoms with E-state index in [0.717, 1.165) is 6.42 Å². The average molecular weight is 248 g/mol. The number of nitrogens with zero attached hydrogens (tertiary/aromatic N) is 1. The van der Waals surface area contributed by atoms with Crippen LogP contribution in [-0.4, -0.2) is 36.4 Å². The molecule has 0 bridgehead atoms. The number of methoxy groups -OCH3 is 1. The van der Waals surface area contributed by atoms with Gasteiger partial charge in [0.25, 0.3) is 5.91 Å². The highest BCUT2D eigenvalue weighted by Gasteiger charge is 2.33. The average Bonchev–Trinajstić information content (AvgIpc) is 2.87. The van der Waals surface area contributed by atoms with Crippen molar-refractivity contribution < 1.29 is 14.3 Å². The molecule has 0 unspecified atom stereocenters. The zero-order valence-electron chi connectivity index (χ0n) is 10.3. The van der Waals surface area contributed by atoms with Crippen molar-refractivity contribution in [3.05, 3.63) is 29.8 Å². The third kappa shape index (κ3) is 2.16. The molecule has 2 amide bonds. The van der Waals surface area contributed by atoms with Crippen molar-refractivity contribution in [1.82, 2.24) is 4.90 Å². The van der Waals surface area contributed by atoms with E-state index in [1.807, 2.05) is 0 Å². The van der Waals surface area contributed by atoms with Crippen molar-refractivity contribution >= 4 is 11.8 Å². The van der Waals surface area contributed by atoms with Gasteiger partial charge in [-0.25, -0.2) is 0 Å². The zero-order valence-corrected chi connectivity index (χ0v) is 10.3. The topological polar surface area (TPSA) is 72.6 Å². The molecule has 18 heavy (non-hydrogen) atoms. The number of ether oxygens (including phenoxy) is 1. The maximum absolute atomic E-state index is 12.4. The van der Waals surface area contributed by atoms with Crippen LogP contribution in [0.5, 0.6) is 5.75 Å². The van der Waals surface area contributed by atoms with Gasteiger partial charge in [-0.1, -0.05) is 12.1 Å². The summed E-state index contributed by atoms with van der Waals surface area (Å²) in [5, 5.41) is 0. The monoisotopic (exact) mass is 248 g/mol. The van der Waals surface area contributed by atoms with E-state index in [0.29, 0.717) is 24.3 Å². The predicted molar refractivity (Wildman–Crippen MR) is 66.2 cm³/mol. The van der Waals surface area contributed by atoms with Crippen LogP contribution in [-0.2, 0) is 4.79 Å². The smallest absolute Gasteiger partial charge is 0.258 e. The number of nitrogens with two attached hydrogens (primary N) is 1. The van der Waals surface area contributed by atoms with E-state index in [1.54, 1.807) is 24.3 Å². The number of benzene rings is 1. The highest BCUT2D eigenvalue weighted by Crippen LogP contribution is 2.24. The molecule has 2 rings (SSSR count). The summed E-state index contributed by atoms with van der Waals surface area (Å²) in [4.78, 5) is 25.2. The molecule has 1 saturated heterocycles. The Balaban J connectivity index is 2.28. The van der Waals surface area contributed by atoms with Gasteiger partial charge in [0.05, 0.1) is 12.7 Å². The number of amides is 2. The molecule has 5 heteroatoms. The van der Waals surface area contributed by atoms with Gasteiger partial charge in [-0.05, 0) is 25.0 Å². The predicted octanol–water partition coefficient (Wildman–Crippen LogP) is 0.785. The minimum atomic E-state index is -0.498. The summed E-state index contributed by atoms with van der Waals surface area (Å²) in [7, 11) is 1.52. The first-order chi connectivity index (χ1) is 8.65. The van der Waals surface area contributed by atoms with Gasteiger partial charge in [-0.2, -0.15) is 0 Å². The Kier molecular flexibility index (Phi) is 3.50. The summed E-state index contributed by atoms with van der Waals surface area (Å²) in [6.45, 7) is 0.560. The Morgan fingerprint density at radius 2 is 2.11 bits per heavy atom. The number of primary amides is 1. The van der Waals surface area contributed by atoms with Crippen LogP contribution < -0.4 is 10.5 Å². The van der Waals surface area contributed by atoms with Gasteiger partial charge in [0.15, 0.2) is 0 Å². The van der Waals surface area contributed by atoms with Gasteiger partial charge < -0.3 is 15.4 Å². The van der Waals surface area contributed by atoms with E-state index in [1.165, 1.54) is 12.0 Å².